The van der Waals surface area contributed by atoms with Crippen LogP contribution in [0.15, 0.2) is 21.2 Å². The first-order valence-electron chi connectivity index (χ1n) is 6.11. The van der Waals surface area contributed by atoms with Gasteiger partial charge in [-0.25, -0.2) is 0 Å². The molecule has 0 aromatic carbocycles. The van der Waals surface area contributed by atoms with Gasteiger partial charge in [-0.3, -0.25) is 4.90 Å². The molecular weight excluding hydrogens is 284 g/mol. The minimum absolute atomic E-state index is 0.0341. The van der Waals surface area contributed by atoms with E-state index >= 15 is 0 Å². The summed E-state index contributed by atoms with van der Waals surface area (Å²) >= 11 is 3.54. The quantitative estimate of drug-likeness (QED) is 0.926. The van der Waals surface area contributed by atoms with Crippen LogP contribution in [0, 0.1) is 0 Å². The number of rotatable bonds is 3. The van der Waals surface area contributed by atoms with Crippen molar-refractivity contribution in [1.29, 1.82) is 0 Å². The number of halogens is 1. The van der Waals surface area contributed by atoms with E-state index in [1.165, 1.54) is 12.8 Å². The van der Waals surface area contributed by atoms with Crippen LogP contribution in [0.2, 0.25) is 0 Å². The van der Waals surface area contributed by atoms with Crippen molar-refractivity contribution in [3.63, 3.8) is 0 Å². The molecule has 0 spiro atoms. The normalized spacial score (nSPS) is 30.7. The van der Waals surface area contributed by atoms with Crippen molar-refractivity contribution >= 4 is 15.9 Å². The molecule has 1 aliphatic carbocycles. The Hall–Kier alpha value is -0.360. The predicted octanol–water partition coefficient (Wildman–Crippen LogP) is 1.91. The molecule has 1 saturated heterocycles. The van der Waals surface area contributed by atoms with Crippen LogP contribution in [-0.4, -0.2) is 36.7 Å². The van der Waals surface area contributed by atoms with Gasteiger partial charge < -0.3 is 14.9 Å². The highest BCUT2D eigenvalue weighted by Crippen LogP contribution is 2.40. The molecule has 2 aliphatic rings. The summed E-state index contributed by atoms with van der Waals surface area (Å²) in [5.41, 5.74) is 5.82. The summed E-state index contributed by atoms with van der Waals surface area (Å²) < 4.78 is 12.4. The molecule has 2 fully saturated rings. The lowest BCUT2D eigenvalue weighted by atomic mass is 10.0. The SMILES string of the molecule is NCC1OCCN(C2CC2)C1c1occc1Br. The first-order chi connectivity index (χ1) is 8.31. The summed E-state index contributed by atoms with van der Waals surface area (Å²) in [6.07, 6.45) is 4.32. The van der Waals surface area contributed by atoms with Gasteiger partial charge in [-0.15, -0.1) is 0 Å². The summed E-state index contributed by atoms with van der Waals surface area (Å²) in [6.45, 7) is 2.27. The van der Waals surface area contributed by atoms with Crippen LogP contribution in [-0.2, 0) is 4.74 Å². The largest absolute Gasteiger partial charge is 0.466 e. The highest BCUT2D eigenvalue weighted by molar-refractivity contribution is 9.10. The summed E-state index contributed by atoms with van der Waals surface area (Å²) in [7, 11) is 0. The van der Waals surface area contributed by atoms with Gasteiger partial charge in [-0.05, 0) is 34.8 Å². The standard InChI is InChI=1S/C12H17BrN2O2/c13-9-3-5-17-12(9)11-10(7-14)16-6-4-15(11)8-1-2-8/h3,5,8,10-11H,1-2,4,6-7,14H2. The maximum absolute atomic E-state index is 5.82. The van der Waals surface area contributed by atoms with E-state index in [0.29, 0.717) is 12.6 Å². The fourth-order valence-electron chi connectivity index (χ4n) is 2.60. The Bertz CT molecular complexity index is 392. The van der Waals surface area contributed by atoms with Crippen molar-refractivity contribution in [1.82, 2.24) is 4.90 Å². The van der Waals surface area contributed by atoms with Crippen molar-refractivity contribution in [2.24, 2.45) is 5.73 Å². The zero-order valence-corrected chi connectivity index (χ0v) is 11.2. The minimum Gasteiger partial charge on any atom is -0.466 e. The lowest BCUT2D eigenvalue weighted by Crippen LogP contribution is -2.49. The molecule has 1 saturated carbocycles. The molecule has 0 amide bonds. The molecule has 1 aromatic heterocycles. The van der Waals surface area contributed by atoms with Gasteiger partial charge in [0.15, 0.2) is 0 Å². The lowest BCUT2D eigenvalue weighted by molar-refractivity contribution is -0.0778. The number of nitrogens with zero attached hydrogens (tertiary/aromatic N) is 1. The van der Waals surface area contributed by atoms with E-state index in [1.54, 1.807) is 6.26 Å². The van der Waals surface area contributed by atoms with Gasteiger partial charge in [-0.1, -0.05) is 0 Å². The lowest BCUT2D eigenvalue weighted by Gasteiger charge is -2.40. The molecule has 94 valence electrons. The topological polar surface area (TPSA) is 51.6 Å². The molecule has 2 N–H and O–H groups in total. The van der Waals surface area contributed by atoms with Gasteiger partial charge in [0.1, 0.15) is 5.76 Å². The summed E-state index contributed by atoms with van der Waals surface area (Å²) in [5, 5.41) is 0. The van der Waals surface area contributed by atoms with Crippen LogP contribution in [0.1, 0.15) is 24.6 Å². The fourth-order valence-corrected chi connectivity index (χ4v) is 3.04. The van der Waals surface area contributed by atoms with Gasteiger partial charge in [0.25, 0.3) is 0 Å². The zero-order chi connectivity index (χ0) is 11.8. The fraction of sp³-hybridized carbons (Fsp3) is 0.667. The third-order valence-corrected chi connectivity index (χ3v) is 4.21. The molecule has 0 radical (unpaired) electrons. The molecule has 3 rings (SSSR count). The second-order valence-corrected chi connectivity index (χ2v) is 5.55. The molecule has 1 aliphatic heterocycles. The minimum atomic E-state index is 0.0341. The average Bonchev–Trinajstić information content (AvgIpc) is 3.11. The zero-order valence-electron chi connectivity index (χ0n) is 9.64. The number of nitrogens with two attached hydrogens (primary N) is 1. The number of morpholine rings is 1. The summed E-state index contributed by atoms with van der Waals surface area (Å²) in [4.78, 5) is 2.49. The first kappa shape index (κ1) is 11.7. The Morgan fingerprint density at radius 1 is 1.47 bits per heavy atom. The average molecular weight is 301 g/mol. The van der Waals surface area contributed by atoms with Crippen LogP contribution >= 0.6 is 15.9 Å². The van der Waals surface area contributed by atoms with Crippen LogP contribution in [0.5, 0.6) is 0 Å². The van der Waals surface area contributed by atoms with E-state index in [2.05, 4.69) is 20.8 Å². The van der Waals surface area contributed by atoms with E-state index in [-0.39, 0.29) is 12.1 Å². The number of furan rings is 1. The van der Waals surface area contributed by atoms with E-state index in [1.807, 2.05) is 6.07 Å². The third-order valence-electron chi connectivity index (χ3n) is 3.55. The van der Waals surface area contributed by atoms with Crippen LogP contribution < -0.4 is 5.73 Å². The highest BCUT2D eigenvalue weighted by Gasteiger charge is 2.42. The van der Waals surface area contributed by atoms with E-state index in [4.69, 9.17) is 14.9 Å². The van der Waals surface area contributed by atoms with Gasteiger partial charge in [-0.2, -0.15) is 0 Å². The maximum atomic E-state index is 5.82. The molecule has 1 aromatic rings. The number of hydrogen-bond acceptors (Lipinski definition) is 4. The first-order valence-corrected chi connectivity index (χ1v) is 6.91. The van der Waals surface area contributed by atoms with Crippen molar-refractivity contribution in [3.05, 3.63) is 22.6 Å². The van der Waals surface area contributed by atoms with Gasteiger partial charge in [0.05, 0.1) is 29.5 Å². The Balaban J connectivity index is 1.91. The maximum Gasteiger partial charge on any atom is 0.137 e. The van der Waals surface area contributed by atoms with E-state index in [0.717, 1.165) is 23.4 Å². The second-order valence-electron chi connectivity index (χ2n) is 4.69. The molecule has 0 bridgehead atoms. The molecule has 2 atom stereocenters. The van der Waals surface area contributed by atoms with Crippen molar-refractivity contribution in [3.8, 4) is 0 Å². The van der Waals surface area contributed by atoms with Gasteiger partial charge in [0.2, 0.25) is 0 Å². The van der Waals surface area contributed by atoms with Crippen LogP contribution in [0.25, 0.3) is 0 Å². The molecule has 2 unspecified atom stereocenters. The summed E-state index contributed by atoms with van der Waals surface area (Å²) in [5.74, 6) is 0.951. The van der Waals surface area contributed by atoms with E-state index < -0.39 is 0 Å². The molecule has 2 heterocycles. The van der Waals surface area contributed by atoms with E-state index in [9.17, 15) is 0 Å². The molecule has 5 heteroatoms. The van der Waals surface area contributed by atoms with Gasteiger partial charge >= 0.3 is 0 Å². The highest BCUT2D eigenvalue weighted by atomic mass is 79.9. The Kier molecular flexibility index (Phi) is 3.25. The third kappa shape index (κ3) is 2.17. The van der Waals surface area contributed by atoms with Gasteiger partial charge in [0, 0.05) is 19.1 Å². The van der Waals surface area contributed by atoms with Crippen LogP contribution in [0.3, 0.4) is 0 Å². The Labute approximate surface area is 109 Å². The van der Waals surface area contributed by atoms with Crippen molar-refractivity contribution in [2.45, 2.75) is 31.0 Å². The Morgan fingerprint density at radius 3 is 2.88 bits per heavy atom. The van der Waals surface area contributed by atoms with Crippen molar-refractivity contribution in [2.75, 3.05) is 19.7 Å². The van der Waals surface area contributed by atoms with Crippen LogP contribution in [0.4, 0.5) is 0 Å². The number of hydrogen-bond donors (Lipinski definition) is 1. The smallest absolute Gasteiger partial charge is 0.137 e. The summed E-state index contributed by atoms with van der Waals surface area (Å²) in [6, 6.07) is 2.78. The Morgan fingerprint density at radius 2 is 2.29 bits per heavy atom. The van der Waals surface area contributed by atoms with Crippen molar-refractivity contribution < 1.29 is 9.15 Å². The monoisotopic (exact) mass is 300 g/mol. The number of ether oxygens (including phenoxy) is 1. The predicted molar refractivity (Wildman–Crippen MR) is 67.7 cm³/mol. The molecule has 17 heavy (non-hydrogen) atoms. The second kappa shape index (κ2) is 4.72. The molecular formula is C12H17BrN2O2. The molecule has 4 nitrogen and oxygen atoms in total.